The van der Waals surface area contributed by atoms with Crippen molar-refractivity contribution in [3.8, 4) is 0 Å². The number of nitrogens with two attached hydrogens (primary N) is 1. The van der Waals surface area contributed by atoms with Crippen molar-refractivity contribution in [1.29, 1.82) is 0 Å². The third-order valence-electron chi connectivity index (χ3n) is 2.53. The third kappa shape index (κ3) is 3.61. The second-order valence-corrected chi connectivity index (χ2v) is 4.02. The Hall–Kier alpha value is -2.24. The number of hydrogen-bond acceptors (Lipinski definition) is 3. The molecule has 19 heavy (non-hydrogen) atoms. The van der Waals surface area contributed by atoms with Crippen molar-refractivity contribution in [2.45, 2.75) is 12.7 Å². The molecule has 1 aromatic carbocycles. The van der Waals surface area contributed by atoms with Crippen molar-refractivity contribution in [2.75, 3.05) is 11.1 Å². The van der Waals surface area contributed by atoms with Crippen LogP contribution in [0, 0.1) is 0 Å². The second kappa shape index (κ2) is 5.17. The van der Waals surface area contributed by atoms with Gasteiger partial charge in [0.05, 0.1) is 5.56 Å². The van der Waals surface area contributed by atoms with Crippen LogP contribution in [-0.4, -0.2) is 4.98 Å². The van der Waals surface area contributed by atoms with Crippen LogP contribution in [0.4, 0.5) is 24.7 Å². The summed E-state index contributed by atoms with van der Waals surface area (Å²) in [6.45, 7) is 0.285. The van der Waals surface area contributed by atoms with E-state index in [9.17, 15) is 13.2 Å². The van der Waals surface area contributed by atoms with E-state index in [1.54, 1.807) is 18.2 Å². The van der Waals surface area contributed by atoms with Gasteiger partial charge in [-0.15, -0.1) is 0 Å². The van der Waals surface area contributed by atoms with Crippen LogP contribution in [0.25, 0.3) is 0 Å². The highest BCUT2D eigenvalue weighted by atomic mass is 19.4. The molecule has 0 fully saturated rings. The highest BCUT2D eigenvalue weighted by Crippen LogP contribution is 2.29. The van der Waals surface area contributed by atoms with Gasteiger partial charge < -0.3 is 11.1 Å². The van der Waals surface area contributed by atoms with Gasteiger partial charge in [-0.1, -0.05) is 12.1 Å². The van der Waals surface area contributed by atoms with E-state index in [2.05, 4.69) is 10.3 Å². The maximum atomic E-state index is 12.5. The number of nitrogens with one attached hydrogen (secondary N) is 1. The van der Waals surface area contributed by atoms with Crippen LogP contribution >= 0.6 is 0 Å². The number of halogens is 3. The molecule has 3 nitrogen and oxygen atoms in total. The summed E-state index contributed by atoms with van der Waals surface area (Å²) < 4.78 is 37.6. The van der Waals surface area contributed by atoms with Crippen molar-refractivity contribution >= 4 is 11.5 Å². The van der Waals surface area contributed by atoms with E-state index in [4.69, 9.17) is 5.73 Å². The van der Waals surface area contributed by atoms with Gasteiger partial charge in [0.15, 0.2) is 0 Å². The quantitative estimate of drug-likeness (QED) is 0.897. The first kappa shape index (κ1) is 13.2. The average Bonchev–Trinajstić information content (AvgIpc) is 2.36. The summed E-state index contributed by atoms with van der Waals surface area (Å²) in [6.07, 6.45) is -2.79. The number of nitrogen functional groups attached to an aromatic ring is 1. The summed E-state index contributed by atoms with van der Waals surface area (Å²) in [5, 5.41) is 2.99. The molecule has 0 spiro atoms. The first-order valence-electron chi connectivity index (χ1n) is 5.57. The molecule has 6 heteroatoms. The predicted octanol–water partition coefficient (Wildman–Crippen LogP) is 3.29. The average molecular weight is 267 g/mol. The molecule has 0 atom stereocenters. The van der Waals surface area contributed by atoms with Gasteiger partial charge in [-0.2, -0.15) is 13.2 Å². The lowest BCUT2D eigenvalue weighted by atomic mass is 10.1. The zero-order valence-corrected chi connectivity index (χ0v) is 9.91. The number of alkyl halides is 3. The Bertz CT molecular complexity index is 567. The fourth-order valence-corrected chi connectivity index (χ4v) is 1.62. The number of benzene rings is 1. The minimum absolute atomic E-state index is 0.285. The largest absolute Gasteiger partial charge is 0.416 e. The molecule has 0 aliphatic rings. The van der Waals surface area contributed by atoms with Crippen molar-refractivity contribution < 1.29 is 13.2 Å². The first-order chi connectivity index (χ1) is 8.95. The Labute approximate surface area is 108 Å². The summed E-state index contributed by atoms with van der Waals surface area (Å²) in [4.78, 5) is 3.83. The van der Waals surface area contributed by atoms with Gasteiger partial charge >= 0.3 is 6.18 Å². The van der Waals surface area contributed by atoms with Gasteiger partial charge in [0.25, 0.3) is 0 Å². The SMILES string of the molecule is Nc1cc(NCc2cccc(C(F)(F)F)c2)ccn1. The lowest BCUT2D eigenvalue weighted by Crippen LogP contribution is -2.07. The van der Waals surface area contributed by atoms with Gasteiger partial charge in [0.2, 0.25) is 0 Å². The number of pyridine rings is 1. The van der Waals surface area contributed by atoms with E-state index in [0.29, 0.717) is 17.1 Å². The summed E-state index contributed by atoms with van der Waals surface area (Å²) in [7, 11) is 0. The van der Waals surface area contributed by atoms with Crippen molar-refractivity contribution in [1.82, 2.24) is 4.98 Å². The molecule has 100 valence electrons. The molecule has 1 aromatic heterocycles. The third-order valence-corrected chi connectivity index (χ3v) is 2.53. The molecule has 0 saturated heterocycles. The predicted molar refractivity (Wildman–Crippen MR) is 67.4 cm³/mol. The molecule has 3 N–H and O–H groups in total. The molecule has 0 radical (unpaired) electrons. The number of aromatic nitrogens is 1. The van der Waals surface area contributed by atoms with Crippen LogP contribution in [0.1, 0.15) is 11.1 Å². The monoisotopic (exact) mass is 267 g/mol. The molecular weight excluding hydrogens is 255 g/mol. The Kier molecular flexibility index (Phi) is 3.59. The summed E-state index contributed by atoms with van der Waals surface area (Å²) in [5.74, 6) is 0.356. The number of anilines is 2. The molecule has 2 rings (SSSR count). The van der Waals surface area contributed by atoms with Gasteiger partial charge in [-0.25, -0.2) is 4.98 Å². The Morgan fingerprint density at radius 1 is 1.16 bits per heavy atom. The van der Waals surface area contributed by atoms with Crippen molar-refractivity contribution in [3.05, 3.63) is 53.7 Å². The molecule has 2 aromatic rings. The minimum atomic E-state index is -4.32. The molecule has 0 unspecified atom stereocenters. The van der Waals surface area contributed by atoms with Crippen LogP contribution in [0.3, 0.4) is 0 Å². The second-order valence-electron chi connectivity index (χ2n) is 4.02. The van der Waals surface area contributed by atoms with Crippen LogP contribution in [0.5, 0.6) is 0 Å². The van der Waals surface area contributed by atoms with Crippen LogP contribution in [0.2, 0.25) is 0 Å². The van der Waals surface area contributed by atoms with E-state index in [0.717, 1.165) is 12.1 Å². The molecule has 0 bridgehead atoms. The highest BCUT2D eigenvalue weighted by molar-refractivity contribution is 5.50. The number of hydrogen-bond donors (Lipinski definition) is 2. The fraction of sp³-hybridized carbons (Fsp3) is 0.154. The first-order valence-corrected chi connectivity index (χ1v) is 5.57. The topological polar surface area (TPSA) is 50.9 Å². The molecule has 0 saturated carbocycles. The minimum Gasteiger partial charge on any atom is -0.384 e. The normalized spacial score (nSPS) is 11.3. The number of rotatable bonds is 3. The Balaban J connectivity index is 2.08. The lowest BCUT2D eigenvalue weighted by Gasteiger charge is -2.10. The van der Waals surface area contributed by atoms with Crippen molar-refractivity contribution in [3.63, 3.8) is 0 Å². The van der Waals surface area contributed by atoms with E-state index >= 15 is 0 Å². The van der Waals surface area contributed by atoms with E-state index in [-0.39, 0.29) is 6.54 Å². The standard InChI is InChI=1S/C13H12F3N3/c14-13(15,16)10-3-1-2-9(6-10)8-19-11-4-5-18-12(17)7-11/h1-7H,8H2,(H3,17,18,19). The fourth-order valence-electron chi connectivity index (χ4n) is 1.62. The van der Waals surface area contributed by atoms with Gasteiger partial charge in [-0.3, -0.25) is 0 Å². The molecule has 1 heterocycles. The van der Waals surface area contributed by atoms with E-state index in [1.807, 2.05) is 0 Å². The van der Waals surface area contributed by atoms with Crippen LogP contribution < -0.4 is 11.1 Å². The van der Waals surface area contributed by atoms with Gasteiger partial charge in [0, 0.05) is 24.5 Å². The maximum Gasteiger partial charge on any atom is 0.416 e. The molecule has 0 amide bonds. The summed E-state index contributed by atoms with van der Waals surface area (Å²) in [6, 6.07) is 8.51. The van der Waals surface area contributed by atoms with E-state index < -0.39 is 11.7 Å². The zero-order valence-electron chi connectivity index (χ0n) is 9.91. The molecular formula is C13H12F3N3. The van der Waals surface area contributed by atoms with Gasteiger partial charge in [-0.05, 0) is 23.8 Å². The van der Waals surface area contributed by atoms with Crippen molar-refractivity contribution in [2.24, 2.45) is 0 Å². The Morgan fingerprint density at radius 2 is 1.95 bits per heavy atom. The molecule has 0 aliphatic heterocycles. The maximum absolute atomic E-state index is 12.5. The zero-order chi connectivity index (χ0) is 13.9. The summed E-state index contributed by atoms with van der Waals surface area (Å²) in [5.41, 5.74) is 6.12. The van der Waals surface area contributed by atoms with E-state index in [1.165, 1.54) is 12.3 Å². The van der Waals surface area contributed by atoms with Crippen LogP contribution in [-0.2, 0) is 12.7 Å². The van der Waals surface area contributed by atoms with Crippen LogP contribution in [0.15, 0.2) is 42.6 Å². The smallest absolute Gasteiger partial charge is 0.384 e. The van der Waals surface area contributed by atoms with Gasteiger partial charge in [0.1, 0.15) is 5.82 Å². The molecule has 0 aliphatic carbocycles. The lowest BCUT2D eigenvalue weighted by molar-refractivity contribution is -0.137. The Morgan fingerprint density at radius 3 is 2.63 bits per heavy atom. The highest BCUT2D eigenvalue weighted by Gasteiger charge is 2.30. The summed E-state index contributed by atoms with van der Waals surface area (Å²) >= 11 is 0. The number of nitrogens with zero attached hydrogens (tertiary/aromatic N) is 1.